The summed E-state index contributed by atoms with van der Waals surface area (Å²) in [5.41, 5.74) is 1.51. The van der Waals surface area contributed by atoms with Crippen molar-refractivity contribution in [2.24, 2.45) is 11.8 Å². The number of phenolic OH excluding ortho intramolecular Hbond substituents is 2. The van der Waals surface area contributed by atoms with Crippen LogP contribution in [0.2, 0.25) is 0 Å². The zero-order valence-electron chi connectivity index (χ0n) is 24.4. The summed E-state index contributed by atoms with van der Waals surface area (Å²) >= 11 is 0. The highest BCUT2D eigenvalue weighted by Crippen LogP contribution is 2.35. The van der Waals surface area contributed by atoms with Gasteiger partial charge >= 0.3 is 11.9 Å². The van der Waals surface area contributed by atoms with Crippen LogP contribution in [-0.4, -0.2) is 113 Å². The van der Waals surface area contributed by atoms with Crippen molar-refractivity contribution in [3.05, 3.63) is 47.5 Å². The fourth-order valence-electron chi connectivity index (χ4n) is 5.26. The maximum atomic E-state index is 11.3. The van der Waals surface area contributed by atoms with Crippen molar-refractivity contribution >= 4 is 11.9 Å². The number of carbonyl (C=O) groups is 2. The first-order valence-electron chi connectivity index (χ1n) is 14.3. The van der Waals surface area contributed by atoms with Gasteiger partial charge in [0.2, 0.25) is 12.6 Å². The Morgan fingerprint density at radius 3 is 1.64 bits per heavy atom. The molecule has 2 aromatic rings. The summed E-state index contributed by atoms with van der Waals surface area (Å²) in [5, 5.41) is 89.4. The Hall–Kier alpha value is -3.70. The molecule has 2 fully saturated rings. The van der Waals surface area contributed by atoms with E-state index in [1.54, 1.807) is 12.1 Å². The fourth-order valence-corrected chi connectivity index (χ4v) is 5.26. The lowest BCUT2D eigenvalue weighted by Gasteiger charge is -2.38. The van der Waals surface area contributed by atoms with Gasteiger partial charge in [-0.25, -0.2) is 9.59 Å². The number of rotatable bonds is 11. The number of aliphatic hydroxyl groups excluding tert-OH is 5. The molecule has 2 aliphatic rings. The highest BCUT2D eigenvalue weighted by molar-refractivity contribution is 5.73. The van der Waals surface area contributed by atoms with E-state index in [4.69, 9.17) is 18.9 Å². The summed E-state index contributed by atoms with van der Waals surface area (Å²) in [6.07, 6.45) is -13.9. The lowest BCUT2D eigenvalue weighted by molar-refractivity contribution is -0.271. The number of carboxylic acid groups (broad SMARTS) is 2. The number of phenols is 2. The molecule has 0 aromatic heterocycles. The summed E-state index contributed by atoms with van der Waals surface area (Å²) in [6.45, 7) is 4.01. The molecule has 0 saturated carbocycles. The van der Waals surface area contributed by atoms with E-state index in [2.05, 4.69) is 0 Å². The van der Waals surface area contributed by atoms with Gasteiger partial charge in [0.25, 0.3) is 0 Å². The third-order valence-corrected chi connectivity index (χ3v) is 8.10. The number of benzene rings is 2. The molecule has 15 nitrogen and oxygen atoms in total. The minimum absolute atomic E-state index is 0.0304. The van der Waals surface area contributed by atoms with Crippen molar-refractivity contribution in [1.29, 1.82) is 0 Å². The molecular formula is C30H38O15. The molecule has 0 unspecified atom stereocenters. The predicted molar refractivity (Wildman–Crippen MR) is 150 cm³/mol. The van der Waals surface area contributed by atoms with Crippen LogP contribution in [0, 0.1) is 11.8 Å². The summed E-state index contributed by atoms with van der Waals surface area (Å²) in [5.74, 6) is -3.52. The molecule has 0 aliphatic carbocycles. The summed E-state index contributed by atoms with van der Waals surface area (Å²) in [6, 6.07) is 9.20. The number of hydrogen-bond acceptors (Lipinski definition) is 13. The van der Waals surface area contributed by atoms with Crippen molar-refractivity contribution in [2.45, 2.75) is 88.4 Å². The summed E-state index contributed by atoms with van der Waals surface area (Å²) in [4.78, 5) is 22.6. The highest BCUT2D eigenvalue weighted by Gasteiger charge is 2.48. The second kappa shape index (κ2) is 14.2. The van der Waals surface area contributed by atoms with E-state index in [0.29, 0.717) is 12.8 Å². The van der Waals surface area contributed by atoms with Crippen LogP contribution in [0.15, 0.2) is 36.4 Å². The molecule has 11 atom stereocenters. The maximum Gasteiger partial charge on any atom is 0.335 e. The molecule has 0 radical (unpaired) electrons. The molecule has 2 aromatic carbocycles. The molecule has 15 heteroatoms. The van der Waals surface area contributed by atoms with Gasteiger partial charge in [0.15, 0.2) is 35.2 Å². The Kier molecular flexibility index (Phi) is 10.8. The first kappa shape index (κ1) is 34.2. The Balaban J connectivity index is 1.33. The van der Waals surface area contributed by atoms with E-state index in [1.165, 1.54) is 24.3 Å². The third-order valence-electron chi connectivity index (χ3n) is 8.10. The van der Waals surface area contributed by atoms with E-state index >= 15 is 0 Å². The first-order chi connectivity index (χ1) is 21.2. The van der Waals surface area contributed by atoms with Gasteiger partial charge < -0.3 is 64.9 Å². The molecule has 9 N–H and O–H groups in total. The molecule has 248 valence electrons. The van der Waals surface area contributed by atoms with Gasteiger partial charge in [-0.05, 0) is 60.1 Å². The van der Waals surface area contributed by atoms with Crippen molar-refractivity contribution in [2.75, 3.05) is 0 Å². The van der Waals surface area contributed by atoms with E-state index < -0.39 is 67.2 Å². The van der Waals surface area contributed by atoms with Crippen LogP contribution < -0.4 is 9.47 Å². The van der Waals surface area contributed by atoms with Crippen molar-refractivity contribution in [1.82, 2.24) is 0 Å². The van der Waals surface area contributed by atoms with Gasteiger partial charge in [-0.2, -0.15) is 0 Å². The Morgan fingerprint density at radius 1 is 0.711 bits per heavy atom. The van der Waals surface area contributed by atoms with E-state index in [1.807, 2.05) is 13.8 Å². The first-order valence-corrected chi connectivity index (χ1v) is 14.3. The van der Waals surface area contributed by atoms with Crippen LogP contribution in [0.3, 0.4) is 0 Å². The maximum absolute atomic E-state index is 11.3. The van der Waals surface area contributed by atoms with Crippen molar-refractivity contribution in [3.63, 3.8) is 0 Å². The zero-order chi connectivity index (χ0) is 33.2. The third kappa shape index (κ3) is 7.94. The molecule has 0 amide bonds. The molecule has 2 heterocycles. The Bertz CT molecular complexity index is 1350. The van der Waals surface area contributed by atoms with Gasteiger partial charge in [0, 0.05) is 6.42 Å². The van der Waals surface area contributed by atoms with Crippen LogP contribution in [0.25, 0.3) is 0 Å². The van der Waals surface area contributed by atoms with E-state index in [9.17, 15) is 55.5 Å². The quantitative estimate of drug-likeness (QED) is 0.154. The molecule has 4 rings (SSSR count). The van der Waals surface area contributed by atoms with Gasteiger partial charge in [0.05, 0.1) is 6.10 Å². The highest BCUT2D eigenvalue weighted by atomic mass is 16.7. The monoisotopic (exact) mass is 638 g/mol. The van der Waals surface area contributed by atoms with Crippen LogP contribution >= 0.6 is 0 Å². The number of hydrogen-bond donors (Lipinski definition) is 9. The van der Waals surface area contributed by atoms with Gasteiger partial charge in [-0.1, -0.05) is 26.0 Å². The Labute approximate surface area is 257 Å². The van der Waals surface area contributed by atoms with Gasteiger partial charge in [0.1, 0.15) is 24.4 Å². The minimum Gasteiger partial charge on any atom is -0.504 e. The molecule has 45 heavy (non-hydrogen) atoms. The van der Waals surface area contributed by atoms with Crippen LogP contribution in [0.1, 0.15) is 31.4 Å². The molecule has 0 spiro atoms. The largest absolute Gasteiger partial charge is 0.504 e. The van der Waals surface area contributed by atoms with Gasteiger partial charge in [-0.15, -0.1) is 0 Å². The lowest BCUT2D eigenvalue weighted by atomic mass is 9.85. The van der Waals surface area contributed by atoms with Gasteiger partial charge in [-0.3, -0.25) is 0 Å². The lowest BCUT2D eigenvalue weighted by Crippen LogP contribution is -2.61. The normalized spacial score (nSPS) is 31.5. The number of aliphatic hydroxyl groups is 5. The summed E-state index contributed by atoms with van der Waals surface area (Å²) in [7, 11) is 0. The number of aliphatic carboxylic acids is 2. The second-order valence-corrected chi connectivity index (χ2v) is 11.6. The Morgan fingerprint density at radius 2 is 1.18 bits per heavy atom. The minimum atomic E-state index is -1.87. The number of carboxylic acids is 2. The molecule has 2 saturated heterocycles. The van der Waals surface area contributed by atoms with E-state index in [-0.39, 0.29) is 41.3 Å². The molecule has 0 bridgehead atoms. The van der Waals surface area contributed by atoms with E-state index in [0.717, 1.165) is 11.1 Å². The second-order valence-electron chi connectivity index (χ2n) is 11.6. The zero-order valence-corrected chi connectivity index (χ0v) is 24.4. The van der Waals surface area contributed by atoms with Crippen molar-refractivity contribution < 1.29 is 74.5 Å². The van der Waals surface area contributed by atoms with Crippen LogP contribution in [0.5, 0.6) is 23.0 Å². The standard InChI is InChI=1S/C30H38O15/c1-12(7-14-3-5-20(16(31)9-14)42-29-19(34)11-18(33)25(44-29)27(38)39)13(2)8-15-4-6-21(17(32)10-15)43-30-24(37)22(35)23(36)26(45-30)28(40)41/h3-6,9-10,12-13,18-19,22-26,29-37H,7-8,11H2,1-2H3,(H,38,39)(H,40,41)/t12-,13+,18+,19-,22+,23+,24-,25+,26+,29-,30-/m1/s1. The van der Waals surface area contributed by atoms with Crippen molar-refractivity contribution in [3.8, 4) is 23.0 Å². The number of ether oxygens (including phenoxy) is 4. The molecular weight excluding hydrogens is 600 g/mol. The molecule has 2 aliphatic heterocycles. The smallest absolute Gasteiger partial charge is 0.335 e. The van der Waals surface area contributed by atoms with Crippen LogP contribution in [-0.2, 0) is 31.9 Å². The van der Waals surface area contributed by atoms with Crippen LogP contribution in [0.4, 0.5) is 0 Å². The predicted octanol–water partition coefficient (Wildman–Crippen LogP) is -0.274. The SMILES string of the molecule is C[C@H](Cc1ccc(O[C@@H]2O[C@H](C(=O)O)[C@@H](O)C[C@H]2O)c(O)c1)[C@@H](C)Cc1ccc(O[C@@H]2O[C@H](C(=O)O)[C@@H](O)[C@H](O)[C@H]2O)c(O)c1. The average molecular weight is 639 g/mol. The average Bonchev–Trinajstić information content (AvgIpc) is 2.96. The summed E-state index contributed by atoms with van der Waals surface area (Å²) < 4.78 is 21.2. The fraction of sp³-hybridized carbons (Fsp3) is 0.533. The topological polar surface area (TPSA) is 253 Å². The number of aromatic hydroxyl groups is 2.